The molecule has 0 heterocycles. The number of sulfonamides is 1. The molecule has 0 bridgehead atoms. The number of amides is 1. The number of nitrogens with one attached hydrogen (secondary N) is 1. The van der Waals surface area contributed by atoms with E-state index in [0.29, 0.717) is 6.54 Å². The number of benzene rings is 1. The summed E-state index contributed by atoms with van der Waals surface area (Å²) < 4.78 is 27.2. The van der Waals surface area contributed by atoms with Gasteiger partial charge in [0.05, 0.1) is 10.5 Å². The number of carbonyl (C=O) groups excluding carboxylic acids is 1. The van der Waals surface area contributed by atoms with E-state index in [1.54, 1.807) is 19.0 Å². The molecule has 136 valence electrons. The van der Waals surface area contributed by atoms with E-state index in [9.17, 15) is 23.3 Å². The van der Waals surface area contributed by atoms with Crippen molar-refractivity contribution in [3.05, 3.63) is 33.9 Å². The van der Waals surface area contributed by atoms with Crippen molar-refractivity contribution in [3.63, 3.8) is 0 Å². The van der Waals surface area contributed by atoms with Gasteiger partial charge < -0.3 is 9.80 Å². The molecule has 1 aromatic rings. The fourth-order valence-corrected chi connectivity index (χ4v) is 2.98. The molecule has 24 heavy (non-hydrogen) atoms. The summed E-state index contributed by atoms with van der Waals surface area (Å²) in [6.07, 6.45) is 0. The Morgan fingerprint density at radius 1 is 1.25 bits per heavy atom. The van der Waals surface area contributed by atoms with Gasteiger partial charge in [-0.1, -0.05) is 0 Å². The van der Waals surface area contributed by atoms with Crippen LogP contribution in [0.4, 0.5) is 5.69 Å². The van der Waals surface area contributed by atoms with Gasteiger partial charge in [-0.25, -0.2) is 13.1 Å². The van der Waals surface area contributed by atoms with Crippen LogP contribution in [-0.4, -0.2) is 70.3 Å². The van der Waals surface area contributed by atoms with Crippen molar-refractivity contribution in [2.24, 2.45) is 0 Å². The van der Waals surface area contributed by atoms with Crippen molar-refractivity contribution < 1.29 is 18.1 Å². The number of nitro benzene ring substituents is 1. The zero-order valence-electron chi connectivity index (χ0n) is 13.8. The van der Waals surface area contributed by atoms with Crippen LogP contribution >= 0.6 is 12.4 Å². The fraction of sp³-hybridized carbons (Fsp3) is 0.462. The van der Waals surface area contributed by atoms with Gasteiger partial charge >= 0.3 is 0 Å². The predicted octanol–water partition coefficient (Wildman–Crippen LogP) is 0.558. The van der Waals surface area contributed by atoms with Crippen LogP contribution in [0.25, 0.3) is 0 Å². The van der Waals surface area contributed by atoms with Crippen LogP contribution in [0, 0.1) is 10.1 Å². The molecule has 11 heteroatoms. The van der Waals surface area contributed by atoms with E-state index in [-0.39, 0.29) is 24.5 Å². The minimum absolute atomic E-state index is 0. The molecule has 0 atom stereocenters. The first-order chi connectivity index (χ1) is 10.6. The quantitative estimate of drug-likeness (QED) is 0.546. The third-order valence-electron chi connectivity index (χ3n) is 2.95. The van der Waals surface area contributed by atoms with Crippen LogP contribution in [-0.2, 0) is 10.0 Å². The Kier molecular flexibility index (Phi) is 8.27. The SMILES string of the molecule is CN(C)CCNS(=O)(=O)c1cc([N+](=O)[O-])ccc1C(=O)N(C)C.Cl. The molecule has 1 aromatic carbocycles. The van der Waals surface area contributed by atoms with Gasteiger partial charge in [0.15, 0.2) is 0 Å². The molecule has 1 rings (SSSR count). The first-order valence-corrected chi connectivity index (χ1v) is 8.19. The normalized spacial score (nSPS) is 11.0. The van der Waals surface area contributed by atoms with Gasteiger partial charge in [0, 0.05) is 39.3 Å². The van der Waals surface area contributed by atoms with Gasteiger partial charge in [0.1, 0.15) is 4.90 Å². The molecule has 1 N–H and O–H groups in total. The Labute approximate surface area is 147 Å². The van der Waals surface area contributed by atoms with Crippen molar-refractivity contribution in [3.8, 4) is 0 Å². The van der Waals surface area contributed by atoms with Crippen molar-refractivity contribution in [1.29, 1.82) is 0 Å². The third kappa shape index (κ3) is 5.71. The lowest BCUT2D eigenvalue weighted by molar-refractivity contribution is -0.385. The van der Waals surface area contributed by atoms with Crippen LogP contribution in [0.15, 0.2) is 23.1 Å². The van der Waals surface area contributed by atoms with Crippen molar-refractivity contribution >= 4 is 34.0 Å². The molecular formula is C13H21ClN4O5S. The van der Waals surface area contributed by atoms with E-state index in [1.165, 1.54) is 19.0 Å². The molecule has 0 saturated heterocycles. The van der Waals surface area contributed by atoms with E-state index in [0.717, 1.165) is 18.2 Å². The van der Waals surface area contributed by atoms with Gasteiger partial charge in [0.2, 0.25) is 10.0 Å². The molecule has 0 radical (unpaired) electrons. The second kappa shape index (κ2) is 8.92. The zero-order valence-corrected chi connectivity index (χ0v) is 15.5. The van der Waals surface area contributed by atoms with Crippen molar-refractivity contribution in [2.45, 2.75) is 4.90 Å². The highest BCUT2D eigenvalue weighted by Gasteiger charge is 2.26. The number of carbonyl (C=O) groups is 1. The van der Waals surface area contributed by atoms with E-state index in [1.807, 2.05) is 0 Å². The Bertz CT molecular complexity index is 706. The molecule has 0 aromatic heterocycles. The standard InChI is InChI=1S/C13H20N4O5S.ClH/c1-15(2)8-7-14-23(21,22)12-9-10(17(19)20)5-6-11(12)13(18)16(3)4;/h5-6,9,14H,7-8H2,1-4H3;1H. The first kappa shape index (κ1) is 22.2. The number of hydrogen-bond acceptors (Lipinski definition) is 6. The maximum absolute atomic E-state index is 12.4. The van der Waals surface area contributed by atoms with Gasteiger partial charge in [-0.05, 0) is 20.2 Å². The number of non-ortho nitro benzene ring substituents is 1. The summed E-state index contributed by atoms with van der Waals surface area (Å²) >= 11 is 0. The number of rotatable bonds is 7. The zero-order chi connectivity index (χ0) is 17.8. The summed E-state index contributed by atoms with van der Waals surface area (Å²) in [6.45, 7) is 0.568. The monoisotopic (exact) mass is 380 g/mol. The fourth-order valence-electron chi connectivity index (χ4n) is 1.75. The highest BCUT2D eigenvalue weighted by atomic mass is 35.5. The minimum Gasteiger partial charge on any atom is -0.345 e. The second-order valence-corrected chi connectivity index (χ2v) is 7.07. The summed E-state index contributed by atoms with van der Waals surface area (Å²) in [5.41, 5.74) is -0.508. The van der Waals surface area contributed by atoms with E-state index >= 15 is 0 Å². The Morgan fingerprint density at radius 2 is 1.83 bits per heavy atom. The summed E-state index contributed by atoms with van der Waals surface area (Å²) in [5.74, 6) is -0.548. The van der Waals surface area contributed by atoms with Crippen LogP contribution in [0.5, 0.6) is 0 Å². The number of nitro groups is 1. The molecule has 0 aliphatic heterocycles. The average molecular weight is 381 g/mol. The van der Waals surface area contributed by atoms with Crippen molar-refractivity contribution in [2.75, 3.05) is 41.3 Å². The van der Waals surface area contributed by atoms with Gasteiger partial charge in [-0.2, -0.15) is 0 Å². The number of hydrogen-bond donors (Lipinski definition) is 1. The molecule has 0 aliphatic rings. The van der Waals surface area contributed by atoms with Crippen LogP contribution in [0.3, 0.4) is 0 Å². The number of likely N-dealkylation sites (N-methyl/N-ethyl adjacent to an activating group) is 1. The lowest BCUT2D eigenvalue weighted by Crippen LogP contribution is -2.33. The summed E-state index contributed by atoms with van der Waals surface area (Å²) in [7, 11) is 2.45. The topological polar surface area (TPSA) is 113 Å². The van der Waals surface area contributed by atoms with E-state index in [2.05, 4.69) is 4.72 Å². The molecule has 9 nitrogen and oxygen atoms in total. The predicted molar refractivity (Wildman–Crippen MR) is 92.1 cm³/mol. The molecule has 0 aliphatic carbocycles. The van der Waals surface area contributed by atoms with Gasteiger partial charge in [-0.15, -0.1) is 12.4 Å². The smallest absolute Gasteiger partial charge is 0.270 e. The molecule has 0 saturated carbocycles. The summed E-state index contributed by atoms with van der Waals surface area (Å²) in [5, 5.41) is 10.9. The number of nitrogens with zero attached hydrogens (tertiary/aromatic N) is 3. The average Bonchev–Trinajstić information content (AvgIpc) is 2.44. The maximum atomic E-state index is 12.4. The number of halogens is 1. The lowest BCUT2D eigenvalue weighted by Gasteiger charge is -2.15. The minimum atomic E-state index is -4.05. The molecule has 0 spiro atoms. The Balaban J connectivity index is 0.00000529. The molecular weight excluding hydrogens is 360 g/mol. The molecule has 1 amide bonds. The highest BCUT2D eigenvalue weighted by molar-refractivity contribution is 7.89. The summed E-state index contributed by atoms with van der Waals surface area (Å²) in [4.78, 5) is 24.9. The molecule has 0 fully saturated rings. The Morgan fingerprint density at radius 3 is 2.29 bits per heavy atom. The van der Waals surface area contributed by atoms with Crippen LogP contribution in [0.2, 0.25) is 0 Å². The van der Waals surface area contributed by atoms with Gasteiger partial charge in [-0.3, -0.25) is 14.9 Å². The van der Waals surface area contributed by atoms with Gasteiger partial charge in [0.25, 0.3) is 11.6 Å². The van der Waals surface area contributed by atoms with Crippen LogP contribution in [0.1, 0.15) is 10.4 Å². The van der Waals surface area contributed by atoms with E-state index in [4.69, 9.17) is 0 Å². The highest BCUT2D eigenvalue weighted by Crippen LogP contribution is 2.23. The largest absolute Gasteiger partial charge is 0.345 e. The first-order valence-electron chi connectivity index (χ1n) is 6.70. The van der Waals surface area contributed by atoms with E-state index < -0.39 is 31.4 Å². The van der Waals surface area contributed by atoms with Crippen molar-refractivity contribution in [1.82, 2.24) is 14.5 Å². The lowest BCUT2D eigenvalue weighted by atomic mass is 10.2. The van der Waals surface area contributed by atoms with Crippen LogP contribution < -0.4 is 4.72 Å². The summed E-state index contributed by atoms with van der Waals surface area (Å²) in [6, 6.07) is 3.16. The second-order valence-electron chi connectivity index (χ2n) is 5.34. The third-order valence-corrected chi connectivity index (χ3v) is 4.45. The Hall–Kier alpha value is -1.75. The molecule has 0 unspecified atom stereocenters. The maximum Gasteiger partial charge on any atom is 0.270 e.